The summed E-state index contributed by atoms with van der Waals surface area (Å²) in [5.74, 6) is -0.0716. The van der Waals surface area contributed by atoms with Gasteiger partial charge in [0.25, 0.3) is 0 Å². The lowest BCUT2D eigenvalue weighted by Crippen LogP contribution is -2.55. The fourth-order valence-electron chi connectivity index (χ4n) is 6.47. The zero-order valence-electron chi connectivity index (χ0n) is 25.7. The molecule has 9 nitrogen and oxygen atoms in total. The Hall–Kier alpha value is -2.56. The number of aryl methyl sites for hydroxylation is 1. The lowest BCUT2D eigenvalue weighted by molar-refractivity contribution is -0.154. The molecule has 2 aliphatic heterocycles. The van der Waals surface area contributed by atoms with E-state index < -0.39 is 23.0 Å². The highest BCUT2D eigenvalue weighted by Crippen LogP contribution is 2.41. The summed E-state index contributed by atoms with van der Waals surface area (Å²) in [4.78, 5) is 21.4. The molecule has 3 fully saturated rings. The second-order valence-corrected chi connectivity index (χ2v) is 13.6. The summed E-state index contributed by atoms with van der Waals surface area (Å²) >= 11 is 0. The van der Waals surface area contributed by atoms with Gasteiger partial charge >= 0.3 is 6.09 Å². The summed E-state index contributed by atoms with van der Waals surface area (Å²) in [6.45, 7) is 11.2. The van der Waals surface area contributed by atoms with Crippen molar-refractivity contribution in [2.75, 3.05) is 19.8 Å². The minimum absolute atomic E-state index is 0.108. The van der Waals surface area contributed by atoms with E-state index in [1.807, 2.05) is 40.7 Å². The zero-order chi connectivity index (χ0) is 30.0. The molecule has 3 unspecified atom stereocenters. The van der Waals surface area contributed by atoms with E-state index >= 15 is 0 Å². The second kappa shape index (κ2) is 12.6. The molecule has 2 saturated heterocycles. The van der Waals surface area contributed by atoms with Gasteiger partial charge in [0.15, 0.2) is 5.79 Å². The highest BCUT2D eigenvalue weighted by molar-refractivity contribution is 5.78. The van der Waals surface area contributed by atoms with E-state index in [-0.39, 0.29) is 18.0 Å². The number of nitrogens with zero attached hydrogens (tertiary/aromatic N) is 2. The van der Waals surface area contributed by atoms with E-state index in [4.69, 9.17) is 23.7 Å². The third-order valence-corrected chi connectivity index (χ3v) is 8.29. The van der Waals surface area contributed by atoms with Crippen LogP contribution in [0.5, 0.6) is 5.88 Å². The number of hydrogen-bond donors (Lipinski definition) is 1. The van der Waals surface area contributed by atoms with Gasteiger partial charge in [-0.3, -0.25) is 4.98 Å². The van der Waals surface area contributed by atoms with Crippen molar-refractivity contribution in [2.45, 2.75) is 122 Å². The second-order valence-electron chi connectivity index (χ2n) is 13.6. The number of carbonyl (C=O) groups excluding carboxylic acids is 1. The molecule has 3 aliphatic rings. The summed E-state index contributed by atoms with van der Waals surface area (Å²) in [5.41, 5.74) is 0.766. The highest BCUT2D eigenvalue weighted by atomic mass is 19.1. The predicted molar refractivity (Wildman–Crippen MR) is 156 cm³/mol. The number of aromatic nitrogens is 2. The largest absolute Gasteiger partial charge is 0.477 e. The molecule has 2 aromatic rings. The molecule has 0 aromatic carbocycles. The molecule has 1 saturated carbocycles. The Morgan fingerprint density at radius 1 is 1.14 bits per heavy atom. The number of pyridine rings is 2. The number of halogens is 1. The average Bonchev–Trinajstić information content (AvgIpc) is 3.40. The van der Waals surface area contributed by atoms with Gasteiger partial charge < -0.3 is 29.0 Å². The molecule has 1 N–H and O–H groups in total. The van der Waals surface area contributed by atoms with Crippen LogP contribution in [0.25, 0.3) is 11.0 Å². The number of carbonyl (C=O) groups is 1. The van der Waals surface area contributed by atoms with Crippen molar-refractivity contribution in [3.63, 3.8) is 0 Å². The Kier molecular flexibility index (Phi) is 9.25. The third-order valence-electron chi connectivity index (χ3n) is 8.29. The van der Waals surface area contributed by atoms with Gasteiger partial charge in [0.2, 0.25) is 5.88 Å². The number of fused-ring (bicyclic) bond motifs is 2. The number of hydrogen-bond acceptors (Lipinski definition) is 8. The van der Waals surface area contributed by atoms with Gasteiger partial charge in [-0.1, -0.05) is 12.8 Å². The Morgan fingerprint density at radius 3 is 2.60 bits per heavy atom. The first-order valence-corrected chi connectivity index (χ1v) is 15.4. The maximum absolute atomic E-state index is 15.0. The summed E-state index contributed by atoms with van der Waals surface area (Å²) in [6, 6.07) is 3.64. The Balaban J connectivity index is 1.14. The van der Waals surface area contributed by atoms with E-state index in [0.29, 0.717) is 54.6 Å². The standard InChI is InChI=1S/C32H46FN3O6/c1-30(2,3)42-29(37)36-32(14-9-15-38-20-32)13-8-6-7-10-22-23(33)18-34-24-11-12-27(35-28(22)24)39-19-21-16-25-26(17-21)41-31(4,5)40-25/h11-12,18,21,25-26H,6-10,13-17,19-20H2,1-5H3,(H,36,37). The number of rotatable bonds is 10. The molecule has 1 amide bonds. The zero-order valence-corrected chi connectivity index (χ0v) is 25.7. The summed E-state index contributed by atoms with van der Waals surface area (Å²) in [6.07, 6.45) is 8.46. The predicted octanol–water partition coefficient (Wildman–Crippen LogP) is 6.25. The van der Waals surface area contributed by atoms with Gasteiger partial charge in [-0.05, 0) is 91.5 Å². The number of alkyl carbamates (subject to hydrolysis) is 1. The fraction of sp³-hybridized carbons (Fsp3) is 0.719. The number of ether oxygens (including phenoxy) is 5. The number of amides is 1. The molecule has 5 rings (SSSR count). The van der Waals surface area contributed by atoms with Crippen LogP contribution in [-0.4, -0.2) is 65.0 Å². The van der Waals surface area contributed by atoms with E-state index in [2.05, 4.69) is 15.3 Å². The van der Waals surface area contributed by atoms with Crippen LogP contribution >= 0.6 is 0 Å². The van der Waals surface area contributed by atoms with Gasteiger partial charge in [0.1, 0.15) is 11.4 Å². The van der Waals surface area contributed by atoms with Crippen molar-refractivity contribution in [3.05, 3.63) is 29.7 Å². The van der Waals surface area contributed by atoms with Gasteiger partial charge in [0, 0.05) is 18.2 Å². The Bertz CT molecular complexity index is 1230. The third kappa shape index (κ3) is 7.88. The van der Waals surface area contributed by atoms with E-state index in [1.165, 1.54) is 6.20 Å². The van der Waals surface area contributed by atoms with Gasteiger partial charge in [-0.25, -0.2) is 14.2 Å². The summed E-state index contributed by atoms with van der Waals surface area (Å²) < 4.78 is 44.3. The van der Waals surface area contributed by atoms with Crippen LogP contribution in [0.3, 0.4) is 0 Å². The first-order valence-electron chi connectivity index (χ1n) is 15.4. The van der Waals surface area contributed by atoms with E-state index in [1.54, 1.807) is 6.07 Å². The van der Waals surface area contributed by atoms with Crippen LogP contribution in [0.15, 0.2) is 18.3 Å². The van der Waals surface area contributed by atoms with Crippen LogP contribution < -0.4 is 10.1 Å². The topological polar surface area (TPSA) is 101 Å². The average molecular weight is 588 g/mol. The van der Waals surface area contributed by atoms with Crippen LogP contribution in [0.1, 0.15) is 91.5 Å². The van der Waals surface area contributed by atoms with Crippen molar-refractivity contribution in [1.29, 1.82) is 0 Å². The van der Waals surface area contributed by atoms with Crippen LogP contribution in [0, 0.1) is 11.7 Å². The summed E-state index contributed by atoms with van der Waals surface area (Å²) in [5, 5.41) is 3.09. The molecule has 10 heteroatoms. The molecule has 0 radical (unpaired) electrons. The normalized spacial score (nSPS) is 27.1. The van der Waals surface area contributed by atoms with Crippen molar-refractivity contribution in [3.8, 4) is 5.88 Å². The molecule has 4 heterocycles. The molecule has 0 bridgehead atoms. The fourth-order valence-corrected chi connectivity index (χ4v) is 6.47. The molecule has 3 atom stereocenters. The molecular formula is C32H46FN3O6. The molecular weight excluding hydrogens is 541 g/mol. The van der Waals surface area contributed by atoms with Crippen LogP contribution in [0.2, 0.25) is 0 Å². The van der Waals surface area contributed by atoms with Crippen LogP contribution in [-0.2, 0) is 25.4 Å². The maximum atomic E-state index is 15.0. The molecule has 1 aliphatic carbocycles. The first kappa shape index (κ1) is 30.9. The number of nitrogens with one attached hydrogen (secondary N) is 1. The van der Waals surface area contributed by atoms with Crippen molar-refractivity contribution in [2.24, 2.45) is 5.92 Å². The van der Waals surface area contributed by atoms with Gasteiger partial charge in [0.05, 0.1) is 48.2 Å². The minimum Gasteiger partial charge on any atom is -0.477 e. The lowest BCUT2D eigenvalue weighted by Gasteiger charge is -2.38. The van der Waals surface area contributed by atoms with Crippen molar-refractivity contribution < 1.29 is 32.9 Å². The monoisotopic (exact) mass is 587 g/mol. The molecule has 0 spiro atoms. The quantitative estimate of drug-likeness (QED) is 0.326. The Labute approximate surface area is 248 Å². The SMILES string of the molecule is CC(C)(C)OC(=O)NC1(CCCCCc2c(F)cnc3ccc(OCC4CC5OC(C)(C)OC5C4)nc23)CCCOC1. The van der Waals surface area contributed by atoms with E-state index in [0.717, 1.165) is 51.4 Å². The van der Waals surface area contributed by atoms with Crippen molar-refractivity contribution >= 4 is 17.1 Å². The lowest BCUT2D eigenvalue weighted by atomic mass is 9.86. The minimum atomic E-state index is -0.561. The highest BCUT2D eigenvalue weighted by Gasteiger charge is 2.47. The maximum Gasteiger partial charge on any atom is 0.408 e. The summed E-state index contributed by atoms with van der Waals surface area (Å²) in [7, 11) is 0. The van der Waals surface area contributed by atoms with Gasteiger partial charge in [-0.2, -0.15) is 0 Å². The van der Waals surface area contributed by atoms with Gasteiger partial charge in [-0.15, -0.1) is 0 Å². The number of unbranched alkanes of at least 4 members (excludes halogenated alkanes) is 2. The van der Waals surface area contributed by atoms with E-state index in [9.17, 15) is 9.18 Å². The first-order chi connectivity index (χ1) is 19.9. The Morgan fingerprint density at radius 2 is 1.90 bits per heavy atom. The smallest absolute Gasteiger partial charge is 0.408 e. The molecule has 42 heavy (non-hydrogen) atoms. The van der Waals surface area contributed by atoms with Crippen molar-refractivity contribution in [1.82, 2.24) is 15.3 Å². The molecule has 232 valence electrons. The van der Waals surface area contributed by atoms with Crippen LogP contribution in [0.4, 0.5) is 9.18 Å². The molecule has 2 aromatic heterocycles.